The summed E-state index contributed by atoms with van der Waals surface area (Å²) in [6.45, 7) is 6.27. The van der Waals surface area contributed by atoms with Gasteiger partial charge >= 0.3 is 0 Å². The number of hydrogen-bond donors (Lipinski definition) is 1. The van der Waals surface area contributed by atoms with E-state index in [0.717, 1.165) is 18.8 Å². The van der Waals surface area contributed by atoms with Gasteiger partial charge in [-0.25, -0.2) is 0 Å². The zero-order chi connectivity index (χ0) is 15.1. The topological polar surface area (TPSA) is 64.8 Å². The van der Waals surface area contributed by atoms with E-state index in [1.165, 1.54) is 5.56 Å². The molecular formula is C16H19N5. The number of nitrogens with zero attached hydrogens (tertiary/aromatic N) is 4. The maximum atomic E-state index is 9.45. The van der Waals surface area contributed by atoms with Crippen LogP contribution in [0.4, 0.5) is 11.5 Å². The predicted molar refractivity (Wildman–Crippen MR) is 84.1 cm³/mol. The van der Waals surface area contributed by atoms with Crippen LogP contribution in [0.5, 0.6) is 0 Å². The van der Waals surface area contributed by atoms with E-state index >= 15 is 0 Å². The minimum atomic E-state index is 0.545. The molecule has 0 amide bonds. The lowest BCUT2D eigenvalue weighted by molar-refractivity contribution is 0.820. The van der Waals surface area contributed by atoms with E-state index < -0.39 is 0 Å². The summed E-state index contributed by atoms with van der Waals surface area (Å²) in [5.41, 5.74) is 2.56. The molecule has 2 aromatic rings. The molecule has 0 saturated heterocycles. The van der Waals surface area contributed by atoms with Gasteiger partial charge in [-0.15, -0.1) is 5.10 Å². The minimum absolute atomic E-state index is 0.545. The van der Waals surface area contributed by atoms with Crippen LogP contribution in [0.15, 0.2) is 36.5 Å². The van der Waals surface area contributed by atoms with E-state index in [0.29, 0.717) is 17.9 Å². The molecule has 2 rings (SSSR count). The molecular weight excluding hydrogens is 262 g/mol. The van der Waals surface area contributed by atoms with Crippen LogP contribution in [0.2, 0.25) is 0 Å². The van der Waals surface area contributed by atoms with Gasteiger partial charge in [-0.05, 0) is 19.4 Å². The van der Waals surface area contributed by atoms with Crippen molar-refractivity contribution < 1.29 is 0 Å². The molecule has 1 aromatic carbocycles. The zero-order valence-corrected chi connectivity index (χ0v) is 12.4. The SMILES string of the molecule is CCNc1nncc(N(CC)Cc2ccccc2)c1C#N. The lowest BCUT2D eigenvalue weighted by atomic mass is 10.1. The van der Waals surface area contributed by atoms with Crippen molar-refractivity contribution in [2.24, 2.45) is 0 Å². The first-order chi connectivity index (χ1) is 10.3. The monoisotopic (exact) mass is 281 g/mol. The standard InChI is InChI=1S/C16H19N5/c1-3-18-16-14(10-17)15(11-19-20-16)21(4-2)12-13-8-6-5-7-9-13/h5-9,11H,3-4,12H2,1-2H3,(H,18,20). The highest BCUT2D eigenvalue weighted by molar-refractivity contribution is 5.67. The van der Waals surface area contributed by atoms with E-state index in [1.807, 2.05) is 25.1 Å². The molecule has 0 saturated carbocycles. The van der Waals surface area contributed by atoms with Crippen LogP contribution >= 0.6 is 0 Å². The number of rotatable bonds is 6. The fraction of sp³-hybridized carbons (Fsp3) is 0.312. The molecule has 0 spiro atoms. The highest BCUT2D eigenvalue weighted by Crippen LogP contribution is 2.25. The third kappa shape index (κ3) is 3.48. The highest BCUT2D eigenvalue weighted by Gasteiger charge is 2.15. The van der Waals surface area contributed by atoms with Gasteiger partial charge in [-0.2, -0.15) is 10.4 Å². The van der Waals surface area contributed by atoms with Crippen molar-refractivity contribution in [3.05, 3.63) is 47.7 Å². The van der Waals surface area contributed by atoms with E-state index in [-0.39, 0.29) is 0 Å². The third-order valence-corrected chi connectivity index (χ3v) is 3.23. The summed E-state index contributed by atoms with van der Waals surface area (Å²) in [6, 6.07) is 12.4. The molecule has 0 radical (unpaired) electrons. The van der Waals surface area contributed by atoms with Crippen molar-refractivity contribution in [3.8, 4) is 6.07 Å². The van der Waals surface area contributed by atoms with Gasteiger partial charge in [0.25, 0.3) is 0 Å². The van der Waals surface area contributed by atoms with Crippen molar-refractivity contribution >= 4 is 11.5 Å². The van der Waals surface area contributed by atoms with Crippen LogP contribution in [0.3, 0.4) is 0 Å². The summed E-state index contributed by atoms with van der Waals surface area (Å²) in [7, 11) is 0. The summed E-state index contributed by atoms with van der Waals surface area (Å²) in [5, 5.41) is 20.6. The summed E-state index contributed by atoms with van der Waals surface area (Å²) < 4.78 is 0. The molecule has 0 atom stereocenters. The average molecular weight is 281 g/mol. The molecule has 1 N–H and O–H groups in total. The summed E-state index contributed by atoms with van der Waals surface area (Å²) >= 11 is 0. The number of benzene rings is 1. The van der Waals surface area contributed by atoms with Gasteiger partial charge in [0.1, 0.15) is 11.6 Å². The van der Waals surface area contributed by atoms with Crippen molar-refractivity contribution in [2.45, 2.75) is 20.4 Å². The van der Waals surface area contributed by atoms with Gasteiger partial charge in [0, 0.05) is 19.6 Å². The van der Waals surface area contributed by atoms with E-state index in [1.54, 1.807) is 6.20 Å². The maximum Gasteiger partial charge on any atom is 0.168 e. The third-order valence-electron chi connectivity index (χ3n) is 3.23. The highest BCUT2D eigenvalue weighted by atomic mass is 15.2. The molecule has 1 aromatic heterocycles. The van der Waals surface area contributed by atoms with Crippen LogP contribution in [-0.4, -0.2) is 23.3 Å². The van der Waals surface area contributed by atoms with Crippen molar-refractivity contribution in [1.82, 2.24) is 10.2 Å². The predicted octanol–water partition coefficient (Wildman–Crippen LogP) is 2.81. The Morgan fingerprint density at radius 1 is 1.24 bits per heavy atom. The largest absolute Gasteiger partial charge is 0.368 e. The van der Waals surface area contributed by atoms with Crippen LogP contribution < -0.4 is 10.2 Å². The summed E-state index contributed by atoms with van der Waals surface area (Å²) in [5.74, 6) is 0.545. The van der Waals surface area contributed by atoms with Gasteiger partial charge in [0.2, 0.25) is 0 Å². The van der Waals surface area contributed by atoms with Gasteiger partial charge in [-0.3, -0.25) is 0 Å². The number of nitriles is 1. The normalized spacial score (nSPS) is 9.95. The molecule has 0 aliphatic carbocycles. The Morgan fingerprint density at radius 2 is 2.00 bits per heavy atom. The van der Waals surface area contributed by atoms with Crippen LogP contribution in [0, 0.1) is 11.3 Å². The Kier molecular flexibility index (Phi) is 5.10. The van der Waals surface area contributed by atoms with Crippen LogP contribution in [0.1, 0.15) is 25.0 Å². The lowest BCUT2D eigenvalue weighted by Gasteiger charge is -2.24. The Labute approximate surface area is 125 Å². The van der Waals surface area contributed by atoms with Gasteiger partial charge < -0.3 is 10.2 Å². The maximum absolute atomic E-state index is 9.45. The fourth-order valence-electron chi connectivity index (χ4n) is 2.19. The first kappa shape index (κ1) is 14.8. The molecule has 5 nitrogen and oxygen atoms in total. The zero-order valence-electron chi connectivity index (χ0n) is 12.4. The van der Waals surface area contributed by atoms with Crippen LogP contribution in [-0.2, 0) is 6.54 Å². The Bertz CT molecular complexity index is 618. The molecule has 0 bridgehead atoms. The second kappa shape index (κ2) is 7.25. The Balaban J connectivity index is 2.34. The molecule has 108 valence electrons. The van der Waals surface area contributed by atoms with Gasteiger partial charge in [-0.1, -0.05) is 30.3 Å². The van der Waals surface area contributed by atoms with E-state index in [9.17, 15) is 5.26 Å². The number of anilines is 2. The minimum Gasteiger partial charge on any atom is -0.368 e. The fourth-order valence-corrected chi connectivity index (χ4v) is 2.19. The summed E-state index contributed by atoms with van der Waals surface area (Å²) in [4.78, 5) is 2.13. The summed E-state index contributed by atoms with van der Waals surface area (Å²) in [6.07, 6.45) is 1.66. The molecule has 21 heavy (non-hydrogen) atoms. The number of hydrogen-bond acceptors (Lipinski definition) is 5. The molecule has 0 aliphatic rings. The van der Waals surface area contributed by atoms with Crippen molar-refractivity contribution in [2.75, 3.05) is 23.3 Å². The molecule has 0 aliphatic heterocycles. The molecule has 0 unspecified atom stereocenters. The Morgan fingerprint density at radius 3 is 2.62 bits per heavy atom. The first-order valence-electron chi connectivity index (χ1n) is 7.08. The molecule has 1 heterocycles. The smallest absolute Gasteiger partial charge is 0.168 e. The van der Waals surface area contributed by atoms with E-state index in [4.69, 9.17) is 0 Å². The quantitative estimate of drug-likeness (QED) is 0.882. The lowest BCUT2D eigenvalue weighted by Crippen LogP contribution is -2.24. The second-order valence-corrected chi connectivity index (χ2v) is 4.60. The molecule has 5 heteroatoms. The van der Waals surface area contributed by atoms with Gasteiger partial charge in [0.15, 0.2) is 5.82 Å². The average Bonchev–Trinajstić information content (AvgIpc) is 2.54. The Hall–Kier alpha value is -2.61. The van der Waals surface area contributed by atoms with Crippen molar-refractivity contribution in [1.29, 1.82) is 5.26 Å². The van der Waals surface area contributed by atoms with Crippen molar-refractivity contribution in [3.63, 3.8) is 0 Å². The number of nitrogens with one attached hydrogen (secondary N) is 1. The first-order valence-corrected chi connectivity index (χ1v) is 7.08. The second-order valence-electron chi connectivity index (χ2n) is 4.60. The van der Waals surface area contributed by atoms with E-state index in [2.05, 4.69) is 45.5 Å². The molecule has 0 fully saturated rings. The van der Waals surface area contributed by atoms with Gasteiger partial charge in [0.05, 0.1) is 11.9 Å². The van der Waals surface area contributed by atoms with Crippen LogP contribution in [0.25, 0.3) is 0 Å². The number of aromatic nitrogens is 2.